The zero-order valence-electron chi connectivity index (χ0n) is 6.23. The van der Waals surface area contributed by atoms with E-state index in [-0.39, 0.29) is 9.76 Å². The molecular weight excluding hydrogens is 144 g/mol. The van der Waals surface area contributed by atoms with Crippen LogP contribution in [0.2, 0.25) is 5.54 Å². The van der Waals surface area contributed by atoms with Crippen molar-refractivity contribution in [2.75, 3.05) is 0 Å². The van der Waals surface area contributed by atoms with Gasteiger partial charge in [-0.15, -0.1) is 0 Å². The second-order valence-corrected chi connectivity index (χ2v) is 6.76. The van der Waals surface area contributed by atoms with Crippen LogP contribution in [0.4, 0.5) is 0 Å². The highest BCUT2D eigenvalue weighted by molar-refractivity contribution is 6.36. The maximum absolute atomic E-state index is 5.36. The lowest BCUT2D eigenvalue weighted by Gasteiger charge is -2.19. The summed E-state index contributed by atoms with van der Waals surface area (Å²) in [5.74, 6) is 0. The lowest BCUT2D eigenvalue weighted by Crippen LogP contribution is -2.10. The fourth-order valence-electron chi connectivity index (χ4n) is 1.59. The van der Waals surface area contributed by atoms with Crippen molar-refractivity contribution in [3.8, 4) is 0 Å². The maximum Gasteiger partial charge on any atom is 0.148 e. The minimum absolute atomic E-state index is 0.0623. The molecule has 1 fully saturated rings. The summed E-state index contributed by atoms with van der Waals surface area (Å²) in [6.45, 7) is 0. The molecule has 1 aliphatic carbocycles. The molecule has 1 saturated carbocycles. The van der Waals surface area contributed by atoms with Crippen LogP contribution >= 0.6 is 0 Å². The van der Waals surface area contributed by atoms with Gasteiger partial charge in [-0.1, -0.05) is 32.1 Å². The van der Waals surface area contributed by atoms with Crippen LogP contribution in [-0.4, -0.2) is 20.2 Å². The Bertz CT molecular complexity index is 68.7. The molecular formula is C6H16OSi2. The van der Waals surface area contributed by atoms with E-state index < -0.39 is 0 Å². The Morgan fingerprint density at radius 2 is 1.89 bits per heavy atom. The molecule has 0 aliphatic heterocycles. The summed E-state index contributed by atoms with van der Waals surface area (Å²) in [4.78, 5) is 0. The third kappa shape index (κ3) is 2.64. The van der Waals surface area contributed by atoms with Gasteiger partial charge in [-0.05, 0) is 5.54 Å². The third-order valence-electron chi connectivity index (χ3n) is 2.13. The standard InChI is InChI=1S/C6H16OSi2/c8-7-9-6-4-2-1-3-5-6/h6H,1-5,9H2,8H3. The highest BCUT2D eigenvalue weighted by Crippen LogP contribution is 2.27. The molecule has 0 atom stereocenters. The average molecular weight is 160 g/mol. The van der Waals surface area contributed by atoms with Gasteiger partial charge < -0.3 is 4.12 Å². The van der Waals surface area contributed by atoms with Crippen molar-refractivity contribution in [3.63, 3.8) is 0 Å². The minimum atomic E-state index is -0.0623. The van der Waals surface area contributed by atoms with Crippen molar-refractivity contribution >= 4 is 20.2 Å². The van der Waals surface area contributed by atoms with Gasteiger partial charge >= 0.3 is 0 Å². The van der Waals surface area contributed by atoms with Crippen molar-refractivity contribution in [2.45, 2.75) is 37.6 Å². The third-order valence-corrected chi connectivity index (χ3v) is 4.75. The second kappa shape index (κ2) is 4.25. The molecule has 3 heteroatoms. The van der Waals surface area contributed by atoms with E-state index in [0.717, 1.165) is 16.0 Å². The molecule has 9 heavy (non-hydrogen) atoms. The van der Waals surface area contributed by atoms with Crippen LogP contribution in [0.1, 0.15) is 32.1 Å². The van der Waals surface area contributed by atoms with Gasteiger partial charge in [0.15, 0.2) is 0 Å². The van der Waals surface area contributed by atoms with Crippen LogP contribution in [0.25, 0.3) is 0 Å². The Labute approximate surface area is 62.7 Å². The van der Waals surface area contributed by atoms with Gasteiger partial charge in [0.25, 0.3) is 0 Å². The predicted octanol–water partition coefficient (Wildman–Crippen LogP) is 0.120. The van der Waals surface area contributed by atoms with Gasteiger partial charge in [-0.2, -0.15) is 0 Å². The topological polar surface area (TPSA) is 9.23 Å². The molecule has 1 aliphatic rings. The van der Waals surface area contributed by atoms with Crippen molar-refractivity contribution in [1.29, 1.82) is 0 Å². The van der Waals surface area contributed by atoms with Crippen molar-refractivity contribution in [1.82, 2.24) is 0 Å². The van der Waals surface area contributed by atoms with Crippen LogP contribution in [0.5, 0.6) is 0 Å². The molecule has 0 aromatic heterocycles. The molecule has 54 valence electrons. The van der Waals surface area contributed by atoms with Crippen molar-refractivity contribution < 1.29 is 4.12 Å². The zero-order chi connectivity index (χ0) is 6.53. The van der Waals surface area contributed by atoms with Crippen LogP contribution in [0, 0.1) is 0 Å². The Balaban J connectivity index is 2.08. The lowest BCUT2D eigenvalue weighted by atomic mass is 10.0. The van der Waals surface area contributed by atoms with Crippen molar-refractivity contribution in [2.24, 2.45) is 0 Å². The van der Waals surface area contributed by atoms with Gasteiger partial charge in [0.1, 0.15) is 20.2 Å². The molecule has 0 N–H and O–H groups in total. The largest absolute Gasteiger partial charge is 0.468 e. The van der Waals surface area contributed by atoms with E-state index in [1.807, 2.05) is 0 Å². The first-order valence-corrected chi connectivity index (χ1v) is 6.13. The zero-order valence-corrected chi connectivity index (χ0v) is 9.64. The molecule has 0 spiro atoms. The molecule has 1 rings (SSSR count). The maximum atomic E-state index is 5.36. The molecule has 0 aromatic carbocycles. The molecule has 0 radical (unpaired) electrons. The fourth-order valence-corrected chi connectivity index (χ4v) is 4.39. The molecule has 0 saturated heterocycles. The van der Waals surface area contributed by atoms with E-state index in [1.54, 1.807) is 0 Å². The fraction of sp³-hybridized carbons (Fsp3) is 1.00. The highest BCUT2D eigenvalue weighted by atomic mass is 28.3. The first-order chi connectivity index (χ1) is 4.43. The summed E-state index contributed by atoms with van der Waals surface area (Å²) >= 11 is 0. The Morgan fingerprint density at radius 3 is 2.44 bits per heavy atom. The number of hydrogen-bond donors (Lipinski definition) is 0. The number of rotatable bonds is 2. The highest BCUT2D eigenvalue weighted by Gasteiger charge is 2.12. The number of hydrogen-bond acceptors (Lipinski definition) is 1. The van der Waals surface area contributed by atoms with Gasteiger partial charge in [-0.25, -0.2) is 0 Å². The molecule has 0 unspecified atom stereocenters. The van der Waals surface area contributed by atoms with Crippen LogP contribution in [-0.2, 0) is 4.12 Å². The molecule has 0 heterocycles. The summed E-state index contributed by atoms with van der Waals surface area (Å²) in [5, 5.41) is 0. The smallest absolute Gasteiger partial charge is 0.148 e. The second-order valence-electron chi connectivity index (χ2n) is 2.96. The summed E-state index contributed by atoms with van der Waals surface area (Å²) < 4.78 is 5.36. The van der Waals surface area contributed by atoms with Crippen LogP contribution in [0.3, 0.4) is 0 Å². The first-order valence-electron chi connectivity index (χ1n) is 3.92. The molecule has 0 bridgehead atoms. The van der Waals surface area contributed by atoms with E-state index in [9.17, 15) is 0 Å². The quantitative estimate of drug-likeness (QED) is 0.522. The summed E-state index contributed by atoms with van der Waals surface area (Å²) in [5.41, 5.74) is 1.05. The molecule has 0 aromatic rings. The lowest BCUT2D eigenvalue weighted by molar-refractivity contribution is 0.476. The van der Waals surface area contributed by atoms with E-state index in [4.69, 9.17) is 4.12 Å². The summed E-state index contributed by atoms with van der Waals surface area (Å²) in [7, 11) is 0.922. The van der Waals surface area contributed by atoms with Gasteiger partial charge in [-0.3, -0.25) is 0 Å². The monoisotopic (exact) mass is 160 g/mol. The average Bonchev–Trinajstić information content (AvgIpc) is 1.91. The van der Waals surface area contributed by atoms with E-state index in [1.165, 1.54) is 32.1 Å². The van der Waals surface area contributed by atoms with Gasteiger partial charge in [0, 0.05) is 0 Å². The summed E-state index contributed by atoms with van der Waals surface area (Å²) in [6, 6.07) is 0. The SMILES string of the molecule is [SiH3]O[SiH2]C1CCCCC1. The van der Waals surface area contributed by atoms with Gasteiger partial charge in [0.05, 0.1) is 0 Å². The minimum Gasteiger partial charge on any atom is -0.468 e. The Morgan fingerprint density at radius 1 is 1.22 bits per heavy atom. The Kier molecular flexibility index (Phi) is 3.54. The van der Waals surface area contributed by atoms with Crippen LogP contribution in [0.15, 0.2) is 0 Å². The molecule has 0 amide bonds. The Hall–Kier alpha value is 0.394. The summed E-state index contributed by atoms with van der Waals surface area (Å²) in [6.07, 6.45) is 7.39. The van der Waals surface area contributed by atoms with Gasteiger partial charge in [0.2, 0.25) is 0 Å². The predicted molar refractivity (Wildman–Crippen MR) is 46.4 cm³/mol. The first kappa shape index (κ1) is 7.50. The van der Waals surface area contributed by atoms with E-state index in [2.05, 4.69) is 0 Å². The van der Waals surface area contributed by atoms with E-state index >= 15 is 0 Å². The van der Waals surface area contributed by atoms with Crippen LogP contribution < -0.4 is 0 Å². The molecule has 1 nitrogen and oxygen atoms in total. The van der Waals surface area contributed by atoms with E-state index in [0.29, 0.717) is 0 Å². The van der Waals surface area contributed by atoms with Crippen molar-refractivity contribution in [3.05, 3.63) is 0 Å². The normalized spacial score (nSPS) is 24.0.